The van der Waals surface area contributed by atoms with Crippen LogP contribution in [0.1, 0.15) is 45.1 Å². The first-order chi connectivity index (χ1) is 9.37. The fraction of sp³-hybridized carbons (Fsp3) is 0.562. The standard InChI is InChI=1S/C16H21BrO3/c1-16(2,9-15(18)19)12-6-13(17)8-14(7-12)20-10-11-4-3-5-11/h6-8,11H,3-5,9-10H2,1-2H3,(H,18,19). The minimum Gasteiger partial charge on any atom is -0.493 e. The third-order valence-corrected chi connectivity index (χ3v) is 4.41. The Morgan fingerprint density at radius 1 is 1.40 bits per heavy atom. The van der Waals surface area contributed by atoms with Crippen LogP contribution in [0.5, 0.6) is 5.75 Å². The van der Waals surface area contributed by atoms with Crippen molar-refractivity contribution in [2.45, 2.75) is 44.9 Å². The molecule has 0 spiro atoms. The monoisotopic (exact) mass is 340 g/mol. The van der Waals surface area contributed by atoms with Crippen molar-refractivity contribution in [3.63, 3.8) is 0 Å². The maximum absolute atomic E-state index is 11.0. The highest BCUT2D eigenvalue weighted by molar-refractivity contribution is 9.10. The molecule has 1 fully saturated rings. The Hall–Kier alpha value is -1.03. The summed E-state index contributed by atoms with van der Waals surface area (Å²) in [5.41, 5.74) is 0.572. The van der Waals surface area contributed by atoms with Crippen molar-refractivity contribution in [3.8, 4) is 5.75 Å². The molecule has 0 aliphatic heterocycles. The van der Waals surface area contributed by atoms with Gasteiger partial charge in [0, 0.05) is 9.89 Å². The van der Waals surface area contributed by atoms with Gasteiger partial charge in [0.25, 0.3) is 0 Å². The normalized spacial score (nSPS) is 15.8. The third kappa shape index (κ3) is 3.98. The summed E-state index contributed by atoms with van der Waals surface area (Å²) < 4.78 is 6.78. The molecule has 4 heteroatoms. The lowest BCUT2D eigenvalue weighted by Crippen LogP contribution is -2.22. The van der Waals surface area contributed by atoms with Gasteiger partial charge in [-0.05, 0) is 42.5 Å². The molecule has 1 aromatic rings. The number of ether oxygens (including phenoxy) is 1. The van der Waals surface area contributed by atoms with Crippen LogP contribution in [0.3, 0.4) is 0 Å². The van der Waals surface area contributed by atoms with Crippen molar-refractivity contribution in [2.24, 2.45) is 5.92 Å². The topological polar surface area (TPSA) is 46.5 Å². The third-order valence-electron chi connectivity index (χ3n) is 3.96. The molecular weight excluding hydrogens is 320 g/mol. The highest BCUT2D eigenvalue weighted by atomic mass is 79.9. The highest BCUT2D eigenvalue weighted by Gasteiger charge is 2.25. The Morgan fingerprint density at radius 2 is 2.10 bits per heavy atom. The van der Waals surface area contributed by atoms with Gasteiger partial charge in [0.15, 0.2) is 0 Å². The van der Waals surface area contributed by atoms with Crippen LogP contribution >= 0.6 is 15.9 Å². The summed E-state index contributed by atoms with van der Waals surface area (Å²) in [6, 6.07) is 5.88. The summed E-state index contributed by atoms with van der Waals surface area (Å²) >= 11 is 3.48. The van der Waals surface area contributed by atoms with E-state index in [1.54, 1.807) is 0 Å². The number of hydrogen-bond donors (Lipinski definition) is 1. The van der Waals surface area contributed by atoms with E-state index in [-0.39, 0.29) is 6.42 Å². The lowest BCUT2D eigenvalue weighted by molar-refractivity contribution is -0.138. The Bertz CT molecular complexity index is 492. The van der Waals surface area contributed by atoms with Gasteiger partial charge in [-0.3, -0.25) is 4.79 Å². The molecule has 3 nitrogen and oxygen atoms in total. The van der Waals surface area contributed by atoms with E-state index < -0.39 is 11.4 Å². The molecule has 110 valence electrons. The molecule has 0 saturated heterocycles. The van der Waals surface area contributed by atoms with Gasteiger partial charge in [-0.15, -0.1) is 0 Å². The minimum atomic E-state index is -0.785. The molecule has 0 amide bonds. The van der Waals surface area contributed by atoms with Gasteiger partial charge >= 0.3 is 5.97 Å². The van der Waals surface area contributed by atoms with E-state index in [2.05, 4.69) is 15.9 Å². The van der Waals surface area contributed by atoms with Crippen molar-refractivity contribution in [2.75, 3.05) is 6.61 Å². The van der Waals surface area contributed by atoms with E-state index in [1.807, 2.05) is 32.0 Å². The van der Waals surface area contributed by atoms with Crippen LogP contribution in [0.2, 0.25) is 0 Å². The van der Waals surface area contributed by atoms with E-state index in [1.165, 1.54) is 19.3 Å². The second-order valence-electron chi connectivity index (χ2n) is 6.24. The molecule has 1 aliphatic rings. The molecule has 0 heterocycles. The fourth-order valence-corrected chi connectivity index (χ4v) is 2.86. The predicted molar refractivity (Wildman–Crippen MR) is 82.3 cm³/mol. The average Bonchev–Trinajstić information content (AvgIpc) is 2.24. The van der Waals surface area contributed by atoms with Crippen molar-refractivity contribution in [1.29, 1.82) is 0 Å². The van der Waals surface area contributed by atoms with E-state index in [4.69, 9.17) is 9.84 Å². The zero-order valence-electron chi connectivity index (χ0n) is 12.0. The van der Waals surface area contributed by atoms with Crippen molar-refractivity contribution in [3.05, 3.63) is 28.2 Å². The first-order valence-electron chi connectivity index (χ1n) is 7.02. The van der Waals surface area contributed by atoms with Gasteiger partial charge in [0.05, 0.1) is 13.0 Å². The maximum atomic E-state index is 11.0. The molecule has 0 bridgehead atoms. The lowest BCUT2D eigenvalue weighted by Gasteiger charge is -2.27. The predicted octanol–water partition coefficient (Wildman–Crippen LogP) is 4.38. The summed E-state index contributed by atoms with van der Waals surface area (Å²) in [7, 11) is 0. The Kier molecular flexibility index (Phi) is 4.74. The van der Waals surface area contributed by atoms with Crippen molar-refractivity contribution < 1.29 is 14.6 Å². The average molecular weight is 341 g/mol. The zero-order chi connectivity index (χ0) is 14.8. The number of carbonyl (C=O) groups is 1. The molecule has 2 rings (SSSR count). The summed E-state index contributed by atoms with van der Waals surface area (Å²) in [5.74, 6) is 0.719. The summed E-state index contributed by atoms with van der Waals surface area (Å²) in [4.78, 5) is 11.0. The number of benzene rings is 1. The number of carboxylic acids is 1. The van der Waals surface area contributed by atoms with E-state index in [0.717, 1.165) is 22.4 Å². The van der Waals surface area contributed by atoms with Crippen LogP contribution in [0.15, 0.2) is 22.7 Å². The van der Waals surface area contributed by atoms with Crippen molar-refractivity contribution in [1.82, 2.24) is 0 Å². The molecule has 1 aromatic carbocycles. The first kappa shape index (κ1) is 15.4. The summed E-state index contributed by atoms with van der Waals surface area (Å²) in [5, 5.41) is 9.02. The summed E-state index contributed by atoms with van der Waals surface area (Å²) in [6.45, 7) is 4.65. The van der Waals surface area contributed by atoms with Gasteiger partial charge in [-0.2, -0.15) is 0 Å². The Balaban J connectivity index is 2.12. The van der Waals surface area contributed by atoms with E-state index in [0.29, 0.717) is 5.92 Å². The van der Waals surface area contributed by atoms with Crippen LogP contribution in [-0.4, -0.2) is 17.7 Å². The zero-order valence-corrected chi connectivity index (χ0v) is 13.6. The fourth-order valence-electron chi connectivity index (χ4n) is 2.39. The smallest absolute Gasteiger partial charge is 0.304 e. The van der Waals surface area contributed by atoms with Crippen LogP contribution in [0.4, 0.5) is 0 Å². The quantitative estimate of drug-likeness (QED) is 0.835. The summed E-state index contributed by atoms with van der Waals surface area (Å²) in [6.07, 6.45) is 3.92. The molecule has 0 atom stereocenters. The SMILES string of the molecule is CC(C)(CC(=O)O)c1cc(Br)cc(OCC2CCC2)c1. The molecule has 0 aromatic heterocycles. The van der Waals surface area contributed by atoms with Crippen LogP contribution in [0.25, 0.3) is 0 Å². The number of halogens is 1. The second-order valence-corrected chi connectivity index (χ2v) is 7.15. The highest BCUT2D eigenvalue weighted by Crippen LogP contribution is 2.33. The van der Waals surface area contributed by atoms with Gasteiger partial charge < -0.3 is 9.84 Å². The molecule has 1 aliphatic carbocycles. The lowest BCUT2D eigenvalue weighted by atomic mass is 9.81. The number of carboxylic acid groups (broad SMARTS) is 1. The van der Waals surface area contributed by atoms with E-state index in [9.17, 15) is 4.79 Å². The first-order valence-corrected chi connectivity index (χ1v) is 7.82. The Morgan fingerprint density at radius 3 is 2.65 bits per heavy atom. The minimum absolute atomic E-state index is 0.103. The molecule has 20 heavy (non-hydrogen) atoms. The molecule has 0 unspecified atom stereocenters. The van der Waals surface area contributed by atoms with Crippen LogP contribution in [0, 0.1) is 5.92 Å². The largest absolute Gasteiger partial charge is 0.493 e. The van der Waals surface area contributed by atoms with Crippen LogP contribution < -0.4 is 4.74 Å². The van der Waals surface area contributed by atoms with Gasteiger partial charge in [0.1, 0.15) is 5.75 Å². The molecular formula is C16H21BrO3. The maximum Gasteiger partial charge on any atom is 0.304 e. The van der Waals surface area contributed by atoms with Crippen molar-refractivity contribution >= 4 is 21.9 Å². The van der Waals surface area contributed by atoms with E-state index >= 15 is 0 Å². The molecule has 1 saturated carbocycles. The second kappa shape index (κ2) is 6.17. The number of aliphatic carboxylic acids is 1. The van der Waals surface area contributed by atoms with Gasteiger partial charge in [0.2, 0.25) is 0 Å². The number of hydrogen-bond acceptors (Lipinski definition) is 2. The molecule has 1 N–H and O–H groups in total. The van der Waals surface area contributed by atoms with Gasteiger partial charge in [-0.25, -0.2) is 0 Å². The number of rotatable bonds is 6. The Labute approximate surface area is 128 Å². The van der Waals surface area contributed by atoms with Gasteiger partial charge in [-0.1, -0.05) is 36.2 Å². The molecule has 0 radical (unpaired) electrons. The van der Waals surface area contributed by atoms with Crippen LogP contribution in [-0.2, 0) is 10.2 Å².